The predicted molar refractivity (Wildman–Crippen MR) is 84.2 cm³/mol. The number of epoxide rings is 1. The molecule has 0 N–H and O–H groups in total. The van der Waals surface area contributed by atoms with Crippen LogP contribution < -0.4 is 4.74 Å². The standard InChI is InChI=1S/C17H16O5S/c1-12(18)13-6-5-7-14(10-13)22-17(16-11-21-16)23(19,20)15-8-3-2-4-9-15/h2-10,16-17H,11H2,1H3. The van der Waals surface area contributed by atoms with Gasteiger partial charge in [-0.15, -0.1) is 0 Å². The van der Waals surface area contributed by atoms with Gasteiger partial charge in [-0.25, -0.2) is 8.42 Å². The maximum atomic E-state index is 12.8. The number of hydrogen-bond acceptors (Lipinski definition) is 5. The number of rotatable bonds is 6. The van der Waals surface area contributed by atoms with E-state index in [0.717, 1.165) is 0 Å². The molecule has 0 spiro atoms. The van der Waals surface area contributed by atoms with Gasteiger partial charge in [0.2, 0.25) is 15.3 Å². The SMILES string of the molecule is CC(=O)c1cccc(OC(C2CO2)S(=O)(=O)c2ccccc2)c1. The van der Waals surface area contributed by atoms with Gasteiger partial charge in [-0.2, -0.15) is 0 Å². The van der Waals surface area contributed by atoms with Crippen LogP contribution in [0.25, 0.3) is 0 Å². The molecule has 1 heterocycles. The topological polar surface area (TPSA) is 73.0 Å². The molecular formula is C17H16O5S. The van der Waals surface area contributed by atoms with Gasteiger partial charge in [0.05, 0.1) is 11.5 Å². The lowest BCUT2D eigenvalue weighted by Gasteiger charge is -2.18. The van der Waals surface area contributed by atoms with Crippen LogP contribution in [0.2, 0.25) is 0 Å². The van der Waals surface area contributed by atoms with Gasteiger partial charge in [0.1, 0.15) is 11.9 Å². The van der Waals surface area contributed by atoms with Crippen LogP contribution in [0.3, 0.4) is 0 Å². The van der Waals surface area contributed by atoms with Gasteiger partial charge in [0.25, 0.3) is 0 Å². The lowest BCUT2D eigenvalue weighted by molar-refractivity contribution is 0.101. The first-order valence-corrected chi connectivity index (χ1v) is 8.71. The Kier molecular flexibility index (Phi) is 4.19. The van der Waals surface area contributed by atoms with Crippen LogP contribution in [0.4, 0.5) is 0 Å². The first kappa shape index (κ1) is 15.7. The second-order valence-corrected chi connectivity index (χ2v) is 7.33. The molecular weight excluding hydrogens is 316 g/mol. The monoisotopic (exact) mass is 332 g/mol. The van der Waals surface area contributed by atoms with Crippen LogP contribution in [-0.4, -0.2) is 32.3 Å². The minimum atomic E-state index is -3.70. The van der Waals surface area contributed by atoms with E-state index in [0.29, 0.717) is 17.9 Å². The van der Waals surface area contributed by atoms with E-state index in [1.807, 2.05) is 0 Å². The molecule has 1 saturated heterocycles. The first-order chi connectivity index (χ1) is 11.0. The molecule has 2 aromatic rings. The minimum absolute atomic E-state index is 0.111. The maximum Gasteiger partial charge on any atom is 0.231 e. The molecule has 1 aliphatic rings. The first-order valence-electron chi connectivity index (χ1n) is 7.17. The molecule has 5 nitrogen and oxygen atoms in total. The fraction of sp³-hybridized carbons (Fsp3) is 0.235. The van der Waals surface area contributed by atoms with Gasteiger partial charge in [-0.1, -0.05) is 30.3 Å². The van der Waals surface area contributed by atoms with Crippen molar-refractivity contribution in [2.75, 3.05) is 6.61 Å². The summed E-state index contributed by atoms with van der Waals surface area (Å²) in [7, 11) is -3.70. The Hall–Kier alpha value is -2.18. The summed E-state index contributed by atoms with van der Waals surface area (Å²) in [6, 6.07) is 14.6. The summed E-state index contributed by atoms with van der Waals surface area (Å²) in [5, 5.41) is 0. The van der Waals surface area contributed by atoms with Crippen LogP contribution in [-0.2, 0) is 14.6 Å². The molecule has 6 heteroatoms. The zero-order chi connectivity index (χ0) is 16.4. The zero-order valence-corrected chi connectivity index (χ0v) is 13.3. The maximum absolute atomic E-state index is 12.8. The van der Waals surface area contributed by atoms with Crippen LogP contribution in [0, 0.1) is 0 Å². The summed E-state index contributed by atoms with van der Waals surface area (Å²) in [6.07, 6.45) is -0.499. The molecule has 120 valence electrons. The van der Waals surface area contributed by atoms with Crippen molar-refractivity contribution in [2.45, 2.75) is 23.4 Å². The molecule has 0 radical (unpaired) electrons. The second-order valence-electron chi connectivity index (χ2n) is 5.30. The number of benzene rings is 2. The average molecular weight is 332 g/mol. The van der Waals surface area contributed by atoms with Crippen LogP contribution >= 0.6 is 0 Å². The van der Waals surface area contributed by atoms with E-state index in [4.69, 9.17) is 9.47 Å². The number of sulfone groups is 1. The Bertz CT molecular complexity index is 810. The Morgan fingerprint density at radius 1 is 1.17 bits per heavy atom. The van der Waals surface area contributed by atoms with Crippen molar-refractivity contribution in [2.24, 2.45) is 0 Å². The van der Waals surface area contributed by atoms with Gasteiger partial charge in [0.15, 0.2) is 5.78 Å². The van der Waals surface area contributed by atoms with E-state index in [-0.39, 0.29) is 10.7 Å². The quantitative estimate of drug-likeness (QED) is 0.600. The zero-order valence-electron chi connectivity index (χ0n) is 12.5. The van der Waals surface area contributed by atoms with Gasteiger partial charge < -0.3 is 9.47 Å². The lowest BCUT2D eigenvalue weighted by Crippen LogP contribution is -2.33. The molecule has 2 unspecified atom stereocenters. The van der Waals surface area contributed by atoms with Crippen molar-refractivity contribution in [1.29, 1.82) is 0 Å². The predicted octanol–water partition coefficient (Wildman–Crippen LogP) is 2.47. The van der Waals surface area contributed by atoms with Crippen LogP contribution in [0.15, 0.2) is 59.5 Å². The van der Waals surface area contributed by atoms with Gasteiger partial charge in [-0.05, 0) is 31.2 Å². The van der Waals surface area contributed by atoms with Crippen molar-refractivity contribution in [1.82, 2.24) is 0 Å². The van der Waals surface area contributed by atoms with E-state index < -0.39 is 21.4 Å². The number of ketones is 1. The third-order valence-corrected chi connectivity index (χ3v) is 5.47. The number of carbonyl (C=O) groups excluding carboxylic acids is 1. The van der Waals surface area contributed by atoms with Crippen molar-refractivity contribution in [3.63, 3.8) is 0 Å². The highest BCUT2D eigenvalue weighted by molar-refractivity contribution is 7.92. The molecule has 23 heavy (non-hydrogen) atoms. The minimum Gasteiger partial charge on any atom is -0.471 e. The average Bonchev–Trinajstić information content (AvgIpc) is 3.38. The van der Waals surface area contributed by atoms with E-state index in [1.54, 1.807) is 36.4 Å². The second kappa shape index (κ2) is 6.14. The molecule has 0 aromatic heterocycles. The van der Waals surface area contributed by atoms with Crippen molar-refractivity contribution >= 4 is 15.6 Å². The summed E-state index contributed by atoms with van der Waals surface area (Å²) >= 11 is 0. The van der Waals surface area contributed by atoms with Crippen LogP contribution in [0.5, 0.6) is 5.75 Å². The van der Waals surface area contributed by atoms with Crippen molar-refractivity contribution < 1.29 is 22.7 Å². The Morgan fingerprint density at radius 3 is 2.48 bits per heavy atom. The third-order valence-electron chi connectivity index (χ3n) is 3.53. The summed E-state index contributed by atoms with van der Waals surface area (Å²) in [5.41, 5.74) is -0.665. The Balaban J connectivity index is 1.91. The van der Waals surface area contributed by atoms with Crippen molar-refractivity contribution in [3.05, 3.63) is 60.2 Å². The normalized spacial score (nSPS) is 18.2. The lowest BCUT2D eigenvalue weighted by atomic mass is 10.1. The molecule has 0 saturated carbocycles. The van der Waals surface area contributed by atoms with Gasteiger partial charge in [0, 0.05) is 5.56 Å². The third kappa shape index (κ3) is 3.43. The molecule has 1 fully saturated rings. The summed E-state index contributed by atoms with van der Waals surface area (Å²) in [6.45, 7) is 1.78. The van der Waals surface area contributed by atoms with Crippen molar-refractivity contribution in [3.8, 4) is 5.75 Å². The van der Waals surface area contributed by atoms with E-state index >= 15 is 0 Å². The molecule has 0 bridgehead atoms. The van der Waals surface area contributed by atoms with E-state index in [1.165, 1.54) is 25.1 Å². The van der Waals surface area contributed by atoms with E-state index in [2.05, 4.69) is 0 Å². The molecule has 0 amide bonds. The summed E-state index contributed by atoms with van der Waals surface area (Å²) in [4.78, 5) is 11.6. The highest BCUT2D eigenvalue weighted by Crippen LogP contribution is 2.29. The molecule has 2 aromatic carbocycles. The number of ether oxygens (including phenoxy) is 2. The molecule has 2 atom stereocenters. The highest BCUT2D eigenvalue weighted by atomic mass is 32.2. The number of carbonyl (C=O) groups is 1. The molecule has 1 aliphatic heterocycles. The Morgan fingerprint density at radius 2 is 1.87 bits per heavy atom. The Labute approximate surface area is 134 Å². The van der Waals surface area contributed by atoms with Gasteiger partial charge in [-0.3, -0.25) is 4.79 Å². The fourth-order valence-corrected chi connectivity index (χ4v) is 3.82. The van der Waals surface area contributed by atoms with E-state index in [9.17, 15) is 13.2 Å². The number of Topliss-reactive ketones (excluding diaryl/α,β-unsaturated/α-hetero) is 1. The largest absolute Gasteiger partial charge is 0.471 e. The summed E-state index contributed by atoms with van der Waals surface area (Å²) < 4.78 is 36.4. The molecule has 0 aliphatic carbocycles. The smallest absolute Gasteiger partial charge is 0.231 e. The van der Waals surface area contributed by atoms with Crippen LogP contribution in [0.1, 0.15) is 17.3 Å². The fourth-order valence-electron chi connectivity index (χ4n) is 2.22. The molecule has 3 rings (SSSR count). The van der Waals surface area contributed by atoms with Gasteiger partial charge >= 0.3 is 0 Å². The number of hydrogen-bond donors (Lipinski definition) is 0. The highest BCUT2D eigenvalue weighted by Gasteiger charge is 2.44. The summed E-state index contributed by atoms with van der Waals surface area (Å²) in [5.74, 6) is 0.221.